The third-order valence-corrected chi connectivity index (χ3v) is 4.09. The maximum Gasteiger partial charge on any atom is 0.262 e. The molecule has 6 heteroatoms. The number of imidazole rings is 1. The molecule has 134 valence electrons. The van der Waals surface area contributed by atoms with Crippen LogP contribution in [0.4, 0.5) is 5.69 Å². The van der Waals surface area contributed by atoms with Gasteiger partial charge in [0.15, 0.2) is 6.61 Å². The predicted octanol–water partition coefficient (Wildman–Crippen LogP) is 3.72. The van der Waals surface area contributed by atoms with Gasteiger partial charge in [0.1, 0.15) is 5.75 Å². The van der Waals surface area contributed by atoms with Crippen molar-refractivity contribution in [3.63, 3.8) is 0 Å². The van der Waals surface area contributed by atoms with Gasteiger partial charge in [-0.05, 0) is 37.3 Å². The predicted molar refractivity (Wildman–Crippen MR) is 104 cm³/mol. The Balaban J connectivity index is 1.38. The molecule has 1 amide bonds. The number of aryl methyl sites for hydroxylation is 1. The number of hydrogen-bond acceptors (Lipinski definition) is 4. The van der Waals surface area contributed by atoms with E-state index in [1.165, 1.54) is 0 Å². The molecule has 0 aliphatic heterocycles. The minimum Gasteiger partial charge on any atom is -0.484 e. The van der Waals surface area contributed by atoms with Gasteiger partial charge >= 0.3 is 0 Å². The van der Waals surface area contributed by atoms with E-state index in [1.54, 1.807) is 6.20 Å². The molecule has 1 N–H and O–H groups in total. The molecule has 0 radical (unpaired) electrons. The third kappa shape index (κ3) is 3.95. The van der Waals surface area contributed by atoms with Gasteiger partial charge in [-0.1, -0.05) is 29.8 Å². The van der Waals surface area contributed by atoms with E-state index < -0.39 is 0 Å². The highest BCUT2D eigenvalue weighted by Crippen LogP contribution is 2.21. The van der Waals surface area contributed by atoms with E-state index in [9.17, 15) is 4.79 Å². The van der Waals surface area contributed by atoms with Gasteiger partial charge in [0, 0.05) is 29.8 Å². The topological polar surface area (TPSA) is 68.5 Å². The van der Waals surface area contributed by atoms with Gasteiger partial charge in [-0.25, -0.2) is 9.97 Å². The number of benzene rings is 2. The number of aromatic nitrogens is 3. The third-order valence-electron chi connectivity index (χ3n) is 4.09. The van der Waals surface area contributed by atoms with Crippen LogP contribution in [0.2, 0.25) is 0 Å². The van der Waals surface area contributed by atoms with E-state index >= 15 is 0 Å². The molecule has 2 aromatic heterocycles. The smallest absolute Gasteiger partial charge is 0.262 e. The molecule has 0 aliphatic rings. The lowest BCUT2D eigenvalue weighted by molar-refractivity contribution is -0.118. The van der Waals surface area contributed by atoms with Crippen LogP contribution in [0.3, 0.4) is 0 Å². The van der Waals surface area contributed by atoms with Crippen LogP contribution in [0.25, 0.3) is 17.0 Å². The standard InChI is InChI=1S/C21H18N4O2/c1-15-3-9-18(10-4-15)27-14-20(26)23-17-7-5-16(6-8-17)19-13-25-12-2-11-22-21(25)24-19/h2-13H,14H2,1H3,(H,23,26). The molecular formula is C21H18N4O2. The molecule has 0 bridgehead atoms. The van der Waals surface area contributed by atoms with Gasteiger partial charge in [-0.15, -0.1) is 0 Å². The Bertz CT molecular complexity index is 1040. The zero-order chi connectivity index (χ0) is 18.6. The Morgan fingerprint density at radius 3 is 2.63 bits per heavy atom. The Kier molecular flexibility index (Phi) is 4.53. The van der Waals surface area contributed by atoms with Gasteiger partial charge in [0.25, 0.3) is 5.91 Å². The fourth-order valence-corrected chi connectivity index (χ4v) is 2.67. The summed E-state index contributed by atoms with van der Waals surface area (Å²) in [4.78, 5) is 20.8. The maximum absolute atomic E-state index is 12.1. The van der Waals surface area contributed by atoms with E-state index in [-0.39, 0.29) is 12.5 Å². The van der Waals surface area contributed by atoms with Crippen LogP contribution >= 0.6 is 0 Å². The Labute approximate surface area is 156 Å². The number of amides is 1. The highest BCUT2D eigenvalue weighted by molar-refractivity contribution is 5.92. The molecule has 6 nitrogen and oxygen atoms in total. The molecule has 0 atom stereocenters. The van der Waals surface area contributed by atoms with Gasteiger partial charge < -0.3 is 10.1 Å². The summed E-state index contributed by atoms with van der Waals surface area (Å²) in [6.45, 7) is 1.96. The summed E-state index contributed by atoms with van der Waals surface area (Å²) in [5, 5.41) is 2.83. The number of rotatable bonds is 5. The fourth-order valence-electron chi connectivity index (χ4n) is 2.67. The van der Waals surface area contributed by atoms with Crippen LogP contribution in [0.1, 0.15) is 5.56 Å². The largest absolute Gasteiger partial charge is 0.484 e. The van der Waals surface area contributed by atoms with Crippen LogP contribution in [-0.2, 0) is 4.79 Å². The number of hydrogen-bond donors (Lipinski definition) is 1. The summed E-state index contributed by atoms with van der Waals surface area (Å²) in [6.07, 6.45) is 5.54. The summed E-state index contributed by atoms with van der Waals surface area (Å²) >= 11 is 0. The minimum atomic E-state index is -0.208. The van der Waals surface area contributed by atoms with E-state index in [0.717, 1.165) is 16.8 Å². The second-order valence-electron chi connectivity index (χ2n) is 6.18. The van der Waals surface area contributed by atoms with Crippen molar-refractivity contribution in [3.8, 4) is 17.0 Å². The summed E-state index contributed by atoms with van der Waals surface area (Å²) in [5.74, 6) is 1.12. The SMILES string of the molecule is Cc1ccc(OCC(=O)Nc2ccc(-c3cn4cccnc4n3)cc2)cc1. The normalized spacial score (nSPS) is 10.7. The quantitative estimate of drug-likeness (QED) is 0.590. The van der Waals surface area contributed by atoms with Crippen molar-refractivity contribution in [1.82, 2.24) is 14.4 Å². The average molecular weight is 358 g/mol. The average Bonchev–Trinajstić information content (AvgIpc) is 3.12. The first-order chi connectivity index (χ1) is 13.2. The molecule has 27 heavy (non-hydrogen) atoms. The summed E-state index contributed by atoms with van der Waals surface area (Å²) in [5.41, 5.74) is 3.63. The van der Waals surface area contributed by atoms with Crippen molar-refractivity contribution in [2.75, 3.05) is 11.9 Å². The molecule has 0 fully saturated rings. The number of fused-ring (bicyclic) bond motifs is 1. The van der Waals surface area contributed by atoms with Crippen molar-refractivity contribution >= 4 is 17.4 Å². The lowest BCUT2D eigenvalue weighted by Gasteiger charge is -2.08. The van der Waals surface area contributed by atoms with Gasteiger partial charge in [0.2, 0.25) is 5.78 Å². The van der Waals surface area contributed by atoms with Crippen LogP contribution in [0.5, 0.6) is 5.75 Å². The summed E-state index contributed by atoms with van der Waals surface area (Å²) in [6, 6.07) is 17.0. The molecule has 0 unspecified atom stereocenters. The highest BCUT2D eigenvalue weighted by Gasteiger charge is 2.07. The van der Waals surface area contributed by atoms with Crippen LogP contribution in [0.15, 0.2) is 73.2 Å². The molecule has 4 rings (SSSR count). The monoisotopic (exact) mass is 358 g/mol. The van der Waals surface area contributed by atoms with Gasteiger partial charge in [-0.3, -0.25) is 9.20 Å². The molecule has 0 spiro atoms. The zero-order valence-electron chi connectivity index (χ0n) is 14.8. The number of ether oxygens (including phenoxy) is 1. The lowest BCUT2D eigenvalue weighted by atomic mass is 10.1. The van der Waals surface area contributed by atoms with Gasteiger partial charge in [0.05, 0.1) is 5.69 Å². The van der Waals surface area contributed by atoms with Gasteiger partial charge in [-0.2, -0.15) is 0 Å². The van der Waals surface area contributed by atoms with E-state index in [0.29, 0.717) is 17.2 Å². The van der Waals surface area contributed by atoms with Crippen molar-refractivity contribution in [2.45, 2.75) is 6.92 Å². The minimum absolute atomic E-state index is 0.0388. The van der Waals surface area contributed by atoms with E-state index in [1.807, 2.05) is 78.3 Å². The van der Waals surface area contributed by atoms with Crippen molar-refractivity contribution in [1.29, 1.82) is 0 Å². The fraction of sp³-hybridized carbons (Fsp3) is 0.0952. The van der Waals surface area contributed by atoms with Crippen LogP contribution in [0, 0.1) is 6.92 Å². The van der Waals surface area contributed by atoms with Crippen molar-refractivity contribution < 1.29 is 9.53 Å². The summed E-state index contributed by atoms with van der Waals surface area (Å²) < 4.78 is 7.36. The number of carbonyl (C=O) groups is 1. The molecular weight excluding hydrogens is 340 g/mol. The Morgan fingerprint density at radius 2 is 1.89 bits per heavy atom. The Hall–Kier alpha value is -3.67. The van der Waals surface area contributed by atoms with E-state index in [2.05, 4.69) is 15.3 Å². The van der Waals surface area contributed by atoms with Crippen molar-refractivity contribution in [3.05, 3.63) is 78.8 Å². The zero-order valence-corrected chi connectivity index (χ0v) is 14.8. The number of nitrogens with one attached hydrogen (secondary N) is 1. The van der Waals surface area contributed by atoms with Crippen molar-refractivity contribution in [2.24, 2.45) is 0 Å². The van der Waals surface area contributed by atoms with Crippen LogP contribution in [-0.4, -0.2) is 26.9 Å². The second kappa shape index (κ2) is 7.29. The second-order valence-corrected chi connectivity index (χ2v) is 6.18. The molecule has 4 aromatic rings. The molecule has 0 saturated carbocycles. The summed E-state index contributed by atoms with van der Waals surface area (Å²) in [7, 11) is 0. The molecule has 0 aliphatic carbocycles. The first kappa shape index (κ1) is 16.8. The highest BCUT2D eigenvalue weighted by atomic mass is 16.5. The molecule has 2 aromatic carbocycles. The lowest BCUT2D eigenvalue weighted by Crippen LogP contribution is -2.20. The molecule has 0 saturated heterocycles. The number of nitrogens with zero attached hydrogens (tertiary/aromatic N) is 3. The maximum atomic E-state index is 12.1. The van der Waals surface area contributed by atoms with Crippen LogP contribution < -0.4 is 10.1 Å². The Morgan fingerprint density at radius 1 is 1.11 bits per heavy atom. The molecule has 2 heterocycles. The van der Waals surface area contributed by atoms with E-state index in [4.69, 9.17) is 4.74 Å². The number of anilines is 1. The first-order valence-electron chi connectivity index (χ1n) is 8.57. The first-order valence-corrected chi connectivity index (χ1v) is 8.57. The number of carbonyl (C=O) groups excluding carboxylic acids is 1.